The van der Waals surface area contributed by atoms with Crippen molar-refractivity contribution in [2.45, 2.75) is 26.8 Å². The summed E-state index contributed by atoms with van der Waals surface area (Å²) in [5, 5.41) is 8.04. The summed E-state index contributed by atoms with van der Waals surface area (Å²) in [5.41, 5.74) is 7.63. The minimum absolute atomic E-state index is 0.231. The summed E-state index contributed by atoms with van der Waals surface area (Å²) in [6, 6.07) is 6.53. The molecule has 1 unspecified atom stereocenters. The van der Waals surface area contributed by atoms with Crippen LogP contribution < -0.4 is 5.32 Å². The Bertz CT molecular complexity index is 756. The van der Waals surface area contributed by atoms with Gasteiger partial charge in [-0.25, -0.2) is 4.98 Å². The van der Waals surface area contributed by atoms with E-state index in [-0.39, 0.29) is 6.04 Å². The number of benzene rings is 1. The van der Waals surface area contributed by atoms with Crippen molar-refractivity contribution in [1.29, 1.82) is 0 Å². The highest BCUT2D eigenvalue weighted by atomic mass is 32.1. The van der Waals surface area contributed by atoms with Gasteiger partial charge in [0.05, 0.1) is 27.5 Å². The summed E-state index contributed by atoms with van der Waals surface area (Å²) in [6.45, 7) is 6.35. The Kier molecular flexibility index (Phi) is 3.22. The van der Waals surface area contributed by atoms with Crippen LogP contribution in [-0.2, 0) is 7.05 Å². The van der Waals surface area contributed by atoms with Gasteiger partial charge in [-0.1, -0.05) is 0 Å². The first-order valence-electron chi connectivity index (χ1n) is 6.66. The molecule has 0 aliphatic heterocycles. The minimum Gasteiger partial charge on any atom is -0.378 e. The normalized spacial score (nSPS) is 12.8. The molecule has 5 heteroatoms. The van der Waals surface area contributed by atoms with Crippen molar-refractivity contribution >= 4 is 27.2 Å². The largest absolute Gasteiger partial charge is 0.378 e. The van der Waals surface area contributed by atoms with E-state index in [9.17, 15) is 0 Å². The highest BCUT2D eigenvalue weighted by Gasteiger charge is 2.16. The molecule has 3 rings (SSSR count). The Morgan fingerprint density at radius 3 is 2.80 bits per heavy atom. The van der Waals surface area contributed by atoms with Crippen LogP contribution in [0.25, 0.3) is 10.2 Å². The fourth-order valence-corrected chi connectivity index (χ4v) is 3.40. The lowest BCUT2D eigenvalue weighted by molar-refractivity contribution is 0.728. The van der Waals surface area contributed by atoms with Crippen LogP contribution in [0, 0.1) is 13.8 Å². The van der Waals surface area contributed by atoms with Crippen molar-refractivity contribution in [2.24, 2.45) is 7.05 Å². The van der Waals surface area contributed by atoms with E-state index in [0.29, 0.717) is 0 Å². The lowest BCUT2D eigenvalue weighted by Crippen LogP contribution is -2.08. The Labute approximate surface area is 122 Å². The molecule has 0 radical (unpaired) electrons. The zero-order valence-electron chi connectivity index (χ0n) is 12.1. The van der Waals surface area contributed by atoms with Crippen molar-refractivity contribution in [2.75, 3.05) is 5.32 Å². The van der Waals surface area contributed by atoms with Gasteiger partial charge in [-0.05, 0) is 39.0 Å². The van der Waals surface area contributed by atoms with E-state index in [1.54, 1.807) is 11.3 Å². The molecule has 0 amide bonds. The number of hydrogen-bond donors (Lipinski definition) is 1. The van der Waals surface area contributed by atoms with E-state index in [2.05, 4.69) is 54.4 Å². The summed E-state index contributed by atoms with van der Waals surface area (Å²) in [6.07, 6.45) is 0. The molecule has 0 spiro atoms. The van der Waals surface area contributed by atoms with Gasteiger partial charge in [-0.3, -0.25) is 4.68 Å². The molecule has 0 aliphatic carbocycles. The van der Waals surface area contributed by atoms with Crippen LogP contribution in [0.2, 0.25) is 0 Å². The van der Waals surface area contributed by atoms with Gasteiger partial charge in [0.1, 0.15) is 0 Å². The number of fused-ring (bicyclic) bond motifs is 1. The Morgan fingerprint density at radius 2 is 2.10 bits per heavy atom. The molecule has 3 aromatic rings. The number of rotatable bonds is 3. The highest BCUT2D eigenvalue weighted by molar-refractivity contribution is 7.16. The fraction of sp³-hybridized carbons (Fsp3) is 0.333. The number of thiazole rings is 1. The third kappa shape index (κ3) is 2.18. The number of anilines is 1. The van der Waals surface area contributed by atoms with Gasteiger partial charge in [-0.15, -0.1) is 11.3 Å². The van der Waals surface area contributed by atoms with Crippen LogP contribution in [0.3, 0.4) is 0 Å². The molecule has 104 valence electrons. The number of aromatic nitrogens is 3. The van der Waals surface area contributed by atoms with E-state index < -0.39 is 0 Å². The maximum absolute atomic E-state index is 4.48. The van der Waals surface area contributed by atoms with Crippen molar-refractivity contribution in [3.63, 3.8) is 0 Å². The number of nitrogens with zero attached hydrogens (tertiary/aromatic N) is 3. The van der Waals surface area contributed by atoms with Gasteiger partial charge < -0.3 is 5.32 Å². The molecule has 1 N–H and O–H groups in total. The van der Waals surface area contributed by atoms with E-state index in [0.717, 1.165) is 16.9 Å². The summed E-state index contributed by atoms with van der Waals surface area (Å²) in [5.74, 6) is 0. The molecule has 0 aliphatic rings. The van der Waals surface area contributed by atoms with Gasteiger partial charge in [-0.2, -0.15) is 5.10 Å². The van der Waals surface area contributed by atoms with Crippen LogP contribution in [0.1, 0.15) is 29.9 Å². The van der Waals surface area contributed by atoms with Crippen LogP contribution in [-0.4, -0.2) is 14.8 Å². The maximum atomic E-state index is 4.48. The average Bonchev–Trinajstić information content (AvgIpc) is 2.94. The Morgan fingerprint density at radius 1 is 1.30 bits per heavy atom. The summed E-state index contributed by atoms with van der Waals surface area (Å²) >= 11 is 1.67. The second kappa shape index (κ2) is 4.90. The molecule has 0 saturated heterocycles. The second-order valence-electron chi connectivity index (χ2n) is 5.11. The number of nitrogens with one attached hydrogen (secondary N) is 1. The standard InChI is InChI=1S/C15H18N4S/c1-9(15-10(2)18-19(4)11(15)3)17-12-5-6-13-14(7-12)20-8-16-13/h5-9,17H,1-4H3. The minimum atomic E-state index is 0.231. The third-order valence-electron chi connectivity index (χ3n) is 3.71. The lowest BCUT2D eigenvalue weighted by Gasteiger charge is -2.16. The summed E-state index contributed by atoms with van der Waals surface area (Å²) < 4.78 is 3.15. The van der Waals surface area contributed by atoms with Crippen LogP contribution >= 0.6 is 11.3 Å². The Hall–Kier alpha value is -1.88. The first-order chi connectivity index (χ1) is 9.56. The molecule has 1 atom stereocenters. The molecule has 4 nitrogen and oxygen atoms in total. The SMILES string of the molecule is Cc1nn(C)c(C)c1C(C)Nc1ccc2ncsc2c1. The zero-order chi connectivity index (χ0) is 14.3. The molecule has 20 heavy (non-hydrogen) atoms. The predicted molar refractivity (Wildman–Crippen MR) is 84.3 cm³/mol. The van der Waals surface area contributed by atoms with Crippen molar-refractivity contribution in [3.8, 4) is 0 Å². The molecular weight excluding hydrogens is 268 g/mol. The predicted octanol–water partition coefficient (Wildman–Crippen LogP) is 3.82. The first-order valence-corrected chi connectivity index (χ1v) is 7.54. The summed E-state index contributed by atoms with van der Waals surface area (Å²) in [4.78, 5) is 4.31. The second-order valence-corrected chi connectivity index (χ2v) is 6.00. The van der Waals surface area contributed by atoms with E-state index in [1.807, 2.05) is 17.2 Å². The average molecular weight is 286 g/mol. The zero-order valence-corrected chi connectivity index (χ0v) is 13.0. The quantitative estimate of drug-likeness (QED) is 0.796. The highest BCUT2D eigenvalue weighted by Crippen LogP contribution is 2.27. The fourth-order valence-electron chi connectivity index (χ4n) is 2.68. The van der Waals surface area contributed by atoms with Crippen LogP contribution in [0.15, 0.2) is 23.7 Å². The van der Waals surface area contributed by atoms with Crippen LogP contribution in [0.4, 0.5) is 5.69 Å². The topological polar surface area (TPSA) is 42.7 Å². The molecule has 2 heterocycles. The van der Waals surface area contributed by atoms with Gasteiger partial charge in [0.15, 0.2) is 0 Å². The van der Waals surface area contributed by atoms with Gasteiger partial charge >= 0.3 is 0 Å². The van der Waals surface area contributed by atoms with Crippen molar-refractivity contribution < 1.29 is 0 Å². The monoisotopic (exact) mass is 286 g/mol. The maximum Gasteiger partial charge on any atom is 0.0813 e. The van der Waals surface area contributed by atoms with Crippen molar-refractivity contribution in [1.82, 2.24) is 14.8 Å². The third-order valence-corrected chi connectivity index (χ3v) is 4.50. The summed E-state index contributed by atoms with van der Waals surface area (Å²) in [7, 11) is 1.99. The van der Waals surface area contributed by atoms with Crippen molar-refractivity contribution in [3.05, 3.63) is 40.7 Å². The molecule has 0 saturated carbocycles. The van der Waals surface area contributed by atoms with Crippen LogP contribution in [0.5, 0.6) is 0 Å². The van der Waals surface area contributed by atoms with Gasteiger partial charge in [0.2, 0.25) is 0 Å². The molecule has 1 aromatic carbocycles. The van der Waals surface area contributed by atoms with E-state index in [1.165, 1.54) is 16.0 Å². The first kappa shape index (κ1) is 13.1. The molecular formula is C15H18N4S. The molecule has 2 aromatic heterocycles. The van der Waals surface area contributed by atoms with E-state index in [4.69, 9.17) is 0 Å². The van der Waals surface area contributed by atoms with E-state index >= 15 is 0 Å². The van der Waals surface area contributed by atoms with Gasteiger partial charge in [0.25, 0.3) is 0 Å². The molecule has 0 fully saturated rings. The molecule has 0 bridgehead atoms. The van der Waals surface area contributed by atoms with Gasteiger partial charge in [0, 0.05) is 24.0 Å². The lowest BCUT2D eigenvalue weighted by atomic mass is 10.1. The Balaban J connectivity index is 1.89. The smallest absolute Gasteiger partial charge is 0.0813 e. The number of hydrogen-bond acceptors (Lipinski definition) is 4. The number of aryl methyl sites for hydroxylation is 2.